The van der Waals surface area contributed by atoms with Crippen LogP contribution in [0.25, 0.3) is 0 Å². The first-order valence-corrected chi connectivity index (χ1v) is 5.54. The van der Waals surface area contributed by atoms with Gasteiger partial charge in [0, 0.05) is 25.3 Å². The van der Waals surface area contributed by atoms with Crippen molar-refractivity contribution in [2.45, 2.75) is 12.5 Å². The molecular formula is C12H17N3O. The minimum absolute atomic E-state index is 0.557. The number of anilines is 1. The van der Waals surface area contributed by atoms with Crippen molar-refractivity contribution in [1.82, 2.24) is 9.88 Å². The number of aldehydes is 1. The van der Waals surface area contributed by atoms with Crippen LogP contribution in [0.5, 0.6) is 0 Å². The summed E-state index contributed by atoms with van der Waals surface area (Å²) in [4.78, 5) is 19.6. The molecule has 4 nitrogen and oxygen atoms in total. The van der Waals surface area contributed by atoms with Gasteiger partial charge in [0.1, 0.15) is 5.82 Å². The molecule has 0 spiro atoms. The summed E-state index contributed by atoms with van der Waals surface area (Å²) in [6.07, 6.45) is 3.75. The second kappa shape index (κ2) is 4.61. The van der Waals surface area contributed by atoms with Crippen molar-refractivity contribution in [3.8, 4) is 0 Å². The Kier molecular flexibility index (Phi) is 3.19. The van der Waals surface area contributed by atoms with E-state index < -0.39 is 0 Å². The summed E-state index contributed by atoms with van der Waals surface area (Å²) in [6.45, 7) is 1.92. The van der Waals surface area contributed by atoms with E-state index in [4.69, 9.17) is 0 Å². The molecule has 0 radical (unpaired) electrons. The number of nitrogens with zero attached hydrogens (tertiary/aromatic N) is 3. The molecular weight excluding hydrogens is 202 g/mol. The van der Waals surface area contributed by atoms with Crippen molar-refractivity contribution in [2.24, 2.45) is 0 Å². The van der Waals surface area contributed by atoms with Gasteiger partial charge in [-0.1, -0.05) is 0 Å². The summed E-state index contributed by atoms with van der Waals surface area (Å²) >= 11 is 0. The highest BCUT2D eigenvalue weighted by Crippen LogP contribution is 2.22. The van der Waals surface area contributed by atoms with E-state index in [-0.39, 0.29) is 0 Å². The smallest absolute Gasteiger partial charge is 0.153 e. The molecule has 1 fully saturated rings. The lowest BCUT2D eigenvalue weighted by Gasteiger charge is -2.21. The molecule has 1 aliphatic heterocycles. The van der Waals surface area contributed by atoms with E-state index in [1.54, 1.807) is 12.3 Å². The molecule has 1 aromatic heterocycles. The minimum Gasteiger partial charge on any atom is -0.354 e. The SMILES string of the molecule is CN(C)C1CCN(c2ncccc2C=O)C1. The zero-order valence-electron chi connectivity index (χ0n) is 9.76. The van der Waals surface area contributed by atoms with Crippen LogP contribution in [-0.4, -0.2) is 49.4 Å². The van der Waals surface area contributed by atoms with E-state index in [1.807, 2.05) is 6.07 Å². The Balaban J connectivity index is 2.17. The van der Waals surface area contributed by atoms with Crippen LogP contribution < -0.4 is 4.90 Å². The third-order valence-corrected chi connectivity index (χ3v) is 3.14. The van der Waals surface area contributed by atoms with Crippen LogP contribution in [0.3, 0.4) is 0 Å². The molecule has 1 atom stereocenters. The van der Waals surface area contributed by atoms with Gasteiger partial charge in [-0.05, 0) is 32.6 Å². The molecule has 2 rings (SSSR count). The summed E-state index contributed by atoms with van der Waals surface area (Å²) < 4.78 is 0. The fourth-order valence-corrected chi connectivity index (χ4v) is 2.12. The predicted octanol–water partition coefficient (Wildman–Crippen LogP) is 1.03. The summed E-state index contributed by atoms with van der Waals surface area (Å²) in [5.74, 6) is 0.821. The van der Waals surface area contributed by atoms with Crippen LogP contribution in [0.2, 0.25) is 0 Å². The summed E-state index contributed by atoms with van der Waals surface area (Å²) in [5, 5.41) is 0. The first-order valence-electron chi connectivity index (χ1n) is 5.54. The van der Waals surface area contributed by atoms with Gasteiger partial charge in [-0.25, -0.2) is 4.98 Å². The Bertz CT molecular complexity index is 378. The van der Waals surface area contributed by atoms with Crippen molar-refractivity contribution in [1.29, 1.82) is 0 Å². The maximum atomic E-state index is 10.9. The largest absolute Gasteiger partial charge is 0.354 e. The van der Waals surface area contributed by atoms with E-state index in [0.717, 1.165) is 31.6 Å². The number of carbonyl (C=O) groups excluding carboxylic acids is 1. The van der Waals surface area contributed by atoms with Gasteiger partial charge in [-0.2, -0.15) is 0 Å². The molecule has 1 unspecified atom stereocenters. The number of rotatable bonds is 3. The van der Waals surface area contributed by atoms with E-state index >= 15 is 0 Å². The van der Waals surface area contributed by atoms with Crippen molar-refractivity contribution in [3.05, 3.63) is 23.9 Å². The van der Waals surface area contributed by atoms with Crippen LogP contribution >= 0.6 is 0 Å². The third-order valence-electron chi connectivity index (χ3n) is 3.14. The summed E-state index contributed by atoms with van der Waals surface area (Å²) in [5.41, 5.74) is 0.682. The number of hydrogen-bond donors (Lipinski definition) is 0. The number of likely N-dealkylation sites (N-methyl/N-ethyl adjacent to an activating group) is 1. The molecule has 4 heteroatoms. The van der Waals surface area contributed by atoms with Gasteiger partial charge >= 0.3 is 0 Å². The predicted molar refractivity (Wildman–Crippen MR) is 63.9 cm³/mol. The molecule has 0 amide bonds. The third kappa shape index (κ3) is 2.07. The standard InChI is InChI=1S/C12H17N3O/c1-14(2)11-5-7-15(8-11)12-10(9-16)4-3-6-13-12/h3-4,6,9,11H,5,7-8H2,1-2H3. The van der Waals surface area contributed by atoms with E-state index in [1.165, 1.54) is 0 Å². The molecule has 1 aliphatic rings. The van der Waals surface area contributed by atoms with Crippen molar-refractivity contribution in [3.63, 3.8) is 0 Å². The Morgan fingerprint density at radius 3 is 3.00 bits per heavy atom. The lowest BCUT2D eigenvalue weighted by atomic mass is 10.2. The zero-order valence-corrected chi connectivity index (χ0v) is 9.76. The Morgan fingerprint density at radius 1 is 1.56 bits per heavy atom. The molecule has 2 heterocycles. The quantitative estimate of drug-likeness (QED) is 0.712. The van der Waals surface area contributed by atoms with Gasteiger partial charge in [0.05, 0.1) is 5.56 Å². The van der Waals surface area contributed by atoms with Gasteiger partial charge in [-0.3, -0.25) is 4.79 Å². The molecule has 0 aromatic carbocycles. The van der Waals surface area contributed by atoms with Crippen molar-refractivity contribution < 1.29 is 4.79 Å². The zero-order chi connectivity index (χ0) is 11.5. The van der Waals surface area contributed by atoms with Gasteiger partial charge < -0.3 is 9.80 Å². The molecule has 0 bridgehead atoms. The fourth-order valence-electron chi connectivity index (χ4n) is 2.12. The first kappa shape index (κ1) is 11.1. The second-order valence-electron chi connectivity index (χ2n) is 4.39. The van der Waals surface area contributed by atoms with Crippen LogP contribution in [0.15, 0.2) is 18.3 Å². The monoisotopic (exact) mass is 219 g/mol. The fraction of sp³-hybridized carbons (Fsp3) is 0.500. The number of carbonyl (C=O) groups is 1. The van der Waals surface area contributed by atoms with Crippen LogP contribution in [-0.2, 0) is 0 Å². The lowest BCUT2D eigenvalue weighted by Crippen LogP contribution is -2.32. The Morgan fingerprint density at radius 2 is 2.38 bits per heavy atom. The molecule has 86 valence electrons. The number of pyridine rings is 1. The maximum Gasteiger partial charge on any atom is 0.153 e. The average Bonchev–Trinajstić information content (AvgIpc) is 2.78. The normalized spacial score (nSPS) is 20.4. The minimum atomic E-state index is 0.557. The summed E-state index contributed by atoms with van der Waals surface area (Å²) in [7, 11) is 4.18. The molecule has 1 aromatic rings. The highest BCUT2D eigenvalue weighted by Gasteiger charge is 2.25. The Hall–Kier alpha value is -1.42. The van der Waals surface area contributed by atoms with E-state index in [9.17, 15) is 4.79 Å². The molecule has 1 saturated heterocycles. The van der Waals surface area contributed by atoms with Gasteiger partial charge in [0.15, 0.2) is 6.29 Å². The Labute approximate surface area is 95.9 Å². The lowest BCUT2D eigenvalue weighted by molar-refractivity contribution is 0.112. The van der Waals surface area contributed by atoms with Gasteiger partial charge in [-0.15, -0.1) is 0 Å². The first-order chi connectivity index (χ1) is 7.72. The number of hydrogen-bond acceptors (Lipinski definition) is 4. The topological polar surface area (TPSA) is 36.4 Å². The van der Waals surface area contributed by atoms with Gasteiger partial charge in [0.2, 0.25) is 0 Å². The summed E-state index contributed by atoms with van der Waals surface area (Å²) in [6, 6.07) is 4.17. The average molecular weight is 219 g/mol. The molecule has 0 N–H and O–H groups in total. The number of aromatic nitrogens is 1. The van der Waals surface area contributed by atoms with Crippen LogP contribution in [0.4, 0.5) is 5.82 Å². The van der Waals surface area contributed by atoms with E-state index in [0.29, 0.717) is 11.6 Å². The highest BCUT2D eigenvalue weighted by atomic mass is 16.1. The second-order valence-corrected chi connectivity index (χ2v) is 4.39. The van der Waals surface area contributed by atoms with Crippen molar-refractivity contribution >= 4 is 12.1 Å². The van der Waals surface area contributed by atoms with Crippen LogP contribution in [0.1, 0.15) is 16.8 Å². The highest BCUT2D eigenvalue weighted by molar-refractivity contribution is 5.82. The van der Waals surface area contributed by atoms with E-state index in [2.05, 4.69) is 28.9 Å². The van der Waals surface area contributed by atoms with Gasteiger partial charge in [0.25, 0.3) is 0 Å². The van der Waals surface area contributed by atoms with Crippen molar-refractivity contribution in [2.75, 3.05) is 32.1 Å². The van der Waals surface area contributed by atoms with Crippen LogP contribution in [0, 0.1) is 0 Å². The molecule has 16 heavy (non-hydrogen) atoms. The molecule has 0 aliphatic carbocycles. The molecule has 0 saturated carbocycles. The maximum absolute atomic E-state index is 10.9.